The first-order chi connectivity index (χ1) is 7.65. The van der Waals surface area contributed by atoms with Crippen LogP contribution in [0.5, 0.6) is 0 Å². The highest BCUT2D eigenvalue weighted by molar-refractivity contribution is 9.10. The lowest BCUT2D eigenvalue weighted by molar-refractivity contribution is 0.0915. The van der Waals surface area contributed by atoms with Gasteiger partial charge in [-0.05, 0) is 46.9 Å². The highest BCUT2D eigenvalue weighted by Crippen LogP contribution is 2.44. The number of furan rings is 1. The van der Waals surface area contributed by atoms with E-state index in [1.807, 2.05) is 0 Å². The molecule has 1 aliphatic carbocycles. The Hall–Kier alpha value is -0.810. The first kappa shape index (κ1) is 10.4. The van der Waals surface area contributed by atoms with Gasteiger partial charge in [-0.15, -0.1) is 0 Å². The predicted molar refractivity (Wildman–Crippen MR) is 62.1 cm³/mol. The molecule has 1 saturated heterocycles. The topological polar surface area (TPSA) is 45.5 Å². The van der Waals surface area contributed by atoms with E-state index >= 15 is 0 Å². The average Bonchev–Trinajstić information content (AvgIpc) is 2.68. The van der Waals surface area contributed by atoms with Crippen molar-refractivity contribution in [2.24, 2.45) is 11.8 Å². The van der Waals surface area contributed by atoms with Crippen LogP contribution in [-0.2, 0) is 0 Å². The summed E-state index contributed by atoms with van der Waals surface area (Å²) in [5.74, 6) is 1.57. The van der Waals surface area contributed by atoms with Gasteiger partial charge in [0.15, 0.2) is 10.4 Å². The largest absolute Gasteiger partial charge is 0.444 e. The van der Waals surface area contributed by atoms with Crippen molar-refractivity contribution in [1.29, 1.82) is 0 Å². The van der Waals surface area contributed by atoms with E-state index in [2.05, 4.69) is 33.2 Å². The fourth-order valence-electron chi connectivity index (χ4n) is 2.61. The summed E-state index contributed by atoms with van der Waals surface area (Å²) in [6, 6.07) is 3.77. The lowest BCUT2D eigenvalue weighted by Gasteiger charge is -2.13. The number of carbonyl (C=O) groups is 1. The van der Waals surface area contributed by atoms with Crippen LogP contribution >= 0.6 is 15.9 Å². The normalized spacial score (nSPS) is 32.5. The lowest BCUT2D eigenvalue weighted by Crippen LogP contribution is -2.33. The van der Waals surface area contributed by atoms with Crippen LogP contribution in [0, 0.1) is 11.8 Å². The summed E-state index contributed by atoms with van der Waals surface area (Å²) in [5, 5.41) is 3.03. The molecule has 0 spiro atoms. The van der Waals surface area contributed by atoms with Crippen LogP contribution in [0.4, 0.5) is 0 Å². The Morgan fingerprint density at radius 2 is 2.19 bits per heavy atom. The molecule has 1 saturated carbocycles. The maximum absolute atomic E-state index is 11.8. The first-order valence-corrected chi connectivity index (χ1v) is 6.19. The van der Waals surface area contributed by atoms with Gasteiger partial charge in [0.2, 0.25) is 0 Å². The van der Waals surface area contributed by atoms with Gasteiger partial charge in [-0.25, -0.2) is 0 Å². The van der Waals surface area contributed by atoms with Crippen LogP contribution in [0.2, 0.25) is 0 Å². The molecule has 0 unspecified atom stereocenters. The number of likely N-dealkylation sites (tertiary alicyclic amines) is 1. The predicted octanol–water partition coefficient (Wildman–Crippen LogP) is 1.33. The molecule has 86 valence electrons. The van der Waals surface area contributed by atoms with Gasteiger partial charge < -0.3 is 14.6 Å². The van der Waals surface area contributed by atoms with Crippen LogP contribution in [0.3, 0.4) is 0 Å². The van der Waals surface area contributed by atoms with Crippen molar-refractivity contribution >= 4 is 21.8 Å². The van der Waals surface area contributed by atoms with Gasteiger partial charge >= 0.3 is 0 Å². The van der Waals surface area contributed by atoms with Crippen molar-refractivity contribution in [2.45, 2.75) is 6.04 Å². The summed E-state index contributed by atoms with van der Waals surface area (Å²) in [4.78, 5) is 14.1. The Morgan fingerprint density at radius 3 is 2.75 bits per heavy atom. The third kappa shape index (κ3) is 1.68. The third-order valence-corrected chi connectivity index (χ3v) is 3.90. The Labute approximate surface area is 102 Å². The van der Waals surface area contributed by atoms with Crippen molar-refractivity contribution < 1.29 is 9.21 Å². The SMILES string of the molecule is CN1C[C@@H]2C(NC(=O)c3ccc(Br)o3)[C@H]2C1. The smallest absolute Gasteiger partial charge is 0.287 e. The summed E-state index contributed by atoms with van der Waals surface area (Å²) >= 11 is 3.19. The summed E-state index contributed by atoms with van der Waals surface area (Å²) in [7, 11) is 2.12. The molecule has 0 aromatic carbocycles. The molecule has 2 heterocycles. The molecule has 2 fully saturated rings. The zero-order valence-electron chi connectivity index (χ0n) is 8.94. The Bertz CT molecular complexity index is 419. The average molecular weight is 285 g/mol. The molecule has 2 atom stereocenters. The second-order valence-electron chi connectivity index (χ2n) is 4.65. The van der Waals surface area contributed by atoms with E-state index in [0.29, 0.717) is 28.3 Å². The molecule has 1 aromatic rings. The molecular formula is C11H13BrN2O2. The number of fused-ring (bicyclic) bond motifs is 1. The number of hydrogen-bond donors (Lipinski definition) is 1. The van der Waals surface area contributed by atoms with Gasteiger partial charge in [0.1, 0.15) is 0 Å². The monoisotopic (exact) mass is 284 g/mol. The van der Waals surface area contributed by atoms with E-state index in [9.17, 15) is 4.79 Å². The van der Waals surface area contributed by atoms with E-state index in [1.54, 1.807) is 12.1 Å². The van der Waals surface area contributed by atoms with E-state index < -0.39 is 0 Å². The van der Waals surface area contributed by atoms with E-state index in [0.717, 1.165) is 13.1 Å². The molecule has 1 aliphatic heterocycles. The van der Waals surface area contributed by atoms with Gasteiger partial charge in [0, 0.05) is 19.1 Å². The summed E-state index contributed by atoms with van der Waals surface area (Å²) in [6.07, 6.45) is 0. The second kappa shape index (κ2) is 3.60. The number of rotatable bonds is 2. The molecule has 3 rings (SSSR count). The minimum Gasteiger partial charge on any atom is -0.444 e. The Kier molecular flexibility index (Phi) is 2.33. The number of hydrogen-bond acceptors (Lipinski definition) is 3. The molecule has 4 nitrogen and oxygen atoms in total. The number of piperidine rings is 1. The zero-order valence-corrected chi connectivity index (χ0v) is 10.5. The third-order valence-electron chi connectivity index (χ3n) is 3.47. The van der Waals surface area contributed by atoms with E-state index in [4.69, 9.17) is 4.42 Å². The molecule has 1 aromatic heterocycles. The van der Waals surface area contributed by atoms with Gasteiger partial charge in [0.05, 0.1) is 0 Å². The molecular weight excluding hydrogens is 272 g/mol. The summed E-state index contributed by atoms with van der Waals surface area (Å²) in [5.41, 5.74) is 0. The molecule has 1 amide bonds. The number of nitrogens with zero attached hydrogens (tertiary/aromatic N) is 1. The van der Waals surface area contributed by atoms with Crippen LogP contribution in [0.1, 0.15) is 10.6 Å². The fourth-order valence-corrected chi connectivity index (χ4v) is 2.92. The highest BCUT2D eigenvalue weighted by atomic mass is 79.9. The lowest BCUT2D eigenvalue weighted by atomic mass is 10.3. The molecule has 1 N–H and O–H groups in total. The van der Waals surface area contributed by atoms with E-state index in [1.165, 1.54) is 0 Å². The van der Waals surface area contributed by atoms with Crippen molar-refractivity contribution in [3.05, 3.63) is 22.6 Å². The molecule has 0 bridgehead atoms. The van der Waals surface area contributed by atoms with Gasteiger partial charge in [0.25, 0.3) is 5.91 Å². The van der Waals surface area contributed by atoms with Gasteiger partial charge in [-0.3, -0.25) is 4.79 Å². The molecule has 16 heavy (non-hydrogen) atoms. The molecule has 0 radical (unpaired) electrons. The minimum atomic E-state index is -0.104. The molecule has 2 aliphatic rings. The summed E-state index contributed by atoms with van der Waals surface area (Å²) < 4.78 is 5.80. The number of nitrogens with one attached hydrogen (secondary N) is 1. The van der Waals surface area contributed by atoms with Gasteiger partial charge in [-0.2, -0.15) is 0 Å². The number of carbonyl (C=O) groups excluding carboxylic acids is 1. The maximum atomic E-state index is 11.8. The molecule has 5 heteroatoms. The first-order valence-electron chi connectivity index (χ1n) is 5.40. The van der Waals surface area contributed by atoms with Crippen LogP contribution in [0.25, 0.3) is 0 Å². The second-order valence-corrected chi connectivity index (χ2v) is 5.43. The van der Waals surface area contributed by atoms with Crippen molar-refractivity contribution in [3.8, 4) is 0 Å². The Morgan fingerprint density at radius 1 is 1.50 bits per heavy atom. The Balaban J connectivity index is 1.59. The number of halogens is 1. The van der Waals surface area contributed by atoms with Gasteiger partial charge in [-0.1, -0.05) is 0 Å². The fraction of sp³-hybridized carbons (Fsp3) is 0.545. The van der Waals surface area contributed by atoms with Crippen molar-refractivity contribution in [1.82, 2.24) is 10.2 Å². The van der Waals surface area contributed by atoms with E-state index in [-0.39, 0.29) is 5.91 Å². The summed E-state index contributed by atoms with van der Waals surface area (Å²) in [6.45, 7) is 2.19. The van der Waals surface area contributed by atoms with Crippen molar-refractivity contribution in [2.75, 3.05) is 20.1 Å². The zero-order chi connectivity index (χ0) is 11.3. The highest BCUT2D eigenvalue weighted by Gasteiger charge is 2.55. The van der Waals surface area contributed by atoms with Crippen molar-refractivity contribution in [3.63, 3.8) is 0 Å². The quantitative estimate of drug-likeness (QED) is 0.891. The minimum absolute atomic E-state index is 0.104. The van der Waals surface area contributed by atoms with Crippen LogP contribution in [0.15, 0.2) is 21.2 Å². The standard InChI is InChI=1S/C11H13BrN2O2/c1-14-4-6-7(5-14)10(6)13-11(15)8-2-3-9(12)16-8/h2-3,6-7,10H,4-5H2,1H3,(H,13,15)/t6-,7-/m0/s1. The maximum Gasteiger partial charge on any atom is 0.287 e. The number of amides is 1. The van der Waals surface area contributed by atoms with Crippen LogP contribution in [-0.4, -0.2) is 37.0 Å². The van der Waals surface area contributed by atoms with Crippen LogP contribution < -0.4 is 5.32 Å².